The van der Waals surface area contributed by atoms with Gasteiger partial charge in [0.25, 0.3) is 5.91 Å². The Morgan fingerprint density at radius 3 is 2.31 bits per heavy atom. The Bertz CT molecular complexity index is 1400. The van der Waals surface area contributed by atoms with Crippen LogP contribution >= 0.6 is 15.9 Å². The molecule has 186 valence electrons. The maximum atomic E-state index is 12.7. The van der Waals surface area contributed by atoms with E-state index in [4.69, 9.17) is 13.7 Å². The summed E-state index contributed by atoms with van der Waals surface area (Å²) >= 11 is 3.32. The first-order valence-corrected chi connectivity index (χ1v) is 13.1. The van der Waals surface area contributed by atoms with E-state index in [1.165, 1.54) is 30.3 Å². The van der Waals surface area contributed by atoms with Crippen molar-refractivity contribution in [2.24, 2.45) is 0 Å². The Morgan fingerprint density at radius 1 is 1.03 bits per heavy atom. The van der Waals surface area contributed by atoms with Gasteiger partial charge in [-0.25, -0.2) is 0 Å². The number of benzene rings is 3. The molecular formula is C26H23BrN2O6S. The fourth-order valence-electron chi connectivity index (χ4n) is 3.07. The second-order valence-electron chi connectivity index (χ2n) is 7.19. The average Bonchev–Trinajstić information content (AvgIpc) is 2.86. The first kappa shape index (κ1) is 26.8. The van der Waals surface area contributed by atoms with Crippen molar-refractivity contribution in [2.45, 2.75) is 18.7 Å². The number of rotatable bonds is 10. The first-order chi connectivity index (χ1) is 17.3. The van der Waals surface area contributed by atoms with Gasteiger partial charge >= 0.3 is 10.1 Å². The monoisotopic (exact) mass is 570 g/mol. The summed E-state index contributed by atoms with van der Waals surface area (Å²) in [7, 11) is -4.12. The zero-order chi connectivity index (χ0) is 26.1. The molecule has 36 heavy (non-hydrogen) atoms. The fourth-order valence-corrected chi connectivity index (χ4v) is 4.70. The highest BCUT2D eigenvalue weighted by Crippen LogP contribution is 2.39. The Hall–Kier alpha value is -3.81. The van der Waals surface area contributed by atoms with Gasteiger partial charge in [0.05, 0.1) is 17.7 Å². The van der Waals surface area contributed by atoms with Gasteiger partial charge < -0.3 is 19.0 Å². The third kappa shape index (κ3) is 6.87. The van der Waals surface area contributed by atoms with Crippen molar-refractivity contribution < 1.29 is 26.9 Å². The molecule has 0 saturated carbocycles. The normalized spacial score (nSPS) is 11.3. The van der Waals surface area contributed by atoms with Crippen molar-refractivity contribution in [1.82, 2.24) is 0 Å². The Kier molecular flexibility index (Phi) is 9.11. The van der Waals surface area contributed by atoms with E-state index in [-0.39, 0.29) is 33.0 Å². The van der Waals surface area contributed by atoms with Crippen molar-refractivity contribution in [3.8, 4) is 23.3 Å². The van der Waals surface area contributed by atoms with Gasteiger partial charge in [0, 0.05) is 5.69 Å². The number of carbonyl (C=O) groups excluding carboxylic acids is 1. The van der Waals surface area contributed by atoms with Gasteiger partial charge in [-0.05, 0) is 89.9 Å². The highest BCUT2D eigenvalue weighted by atomic mass is 79.9. The maximum absolute atomic E-state index is 12.7. The number of anilines is 1. The predicted octanol–water partition coefficient (Wildman–Crippen LogP) is 5.56. The molecule has 3 aromatic carbocycles. The molecule has 3 rings (SSSR count). The lowest BCUT2D eigenvalue weighted by molar-refractivity contribution is -0.112. The van der Waals surface area contributed by atoms with E-state index in [1.807, 2.05) is 13.0 Å². The van der Waals surface area contributed by atoms with Gasteiger partial charge in [0.2, 0.25) is 0 Å². The SMILES string of the molecule is CCOc1ccc(NC(=O)/C(C#N)=C/c2cc(Br)c(OS(=O)(=O)c3ccccc3)c(OCC)c2)cc1. The minimum atomic E-state index is -4.12. The van der Waals surface area contributed by atoms with Crippen LogP contribution in [0.3, 0.4) is 0 Å². The van der Waals surface area contributed by atoms with Gasteiger partial charge in [-0.15, -0.1) is 0 Å². The van der Waals surface area contributed by atoms with Crippen LogP contribution in [0.1, 0.15) is 19.4 Å². The summed E-state index contributed by atoms with van der Waals surface area (Å²) in [4.78, 5) is 12.7. The highest BCUT2D eigenvalue weighted by Gasteiger charge is 2.22. The molecular weight excluding hydrogens is 548 g/mol. The minimum Gasteiger partial charge on any atom is -0.494 e. The van der Waals surface area contributed by atoms with Crippen LogP contribution in [0.2, 0.25) is 0 Å². The van der Waals surface area contributed by atoms with Crippen LogP contribution in [0.15, 0.2) is 81.7 Å². The summed E-state index contributed by atoms with van der Waals surface area (Å²) in [6, 6.07) is 19.4. The molecule has 0 aliphatic carbocycles. The van der Waals surface area contributed by atoms with E-state index in [0.29, 0.717) is 23.6 Å². The third-order valence-corrected chi connectivity index (χ3v) is 6.48. The molecule has 0 aliphatic heterocycles. The summed E-state index contributed by atoms with van der Waals surface area (Å²) in [6.07, 6.45) is 1.37. The van der Waals surface area contributed by atoms with E-state index in [1.54, 1.807) is 49.4 Å². The molecule has 0 atom stereocenters. The summed E-state index contributed by atoms with van der Waals surface area (Å²) in [5, 5.41) is 12.2. The van der Waals surface area contributed by atoms with E-state index >= 15 is 0 Å². The van der Waals surface area contributed by atoms with Crippen molar-refractivity contribution in [1.29, 1.82) is 5.26 Å². The molecule has 3 aromatic rings. The quantitative estimate of drug-likeness (QED) is 0.193. The van der Waals surface area contributed by atoms with Crippen molar-refractivity contribution in [3.05, 3.63) is 82.3 Å². The van der Waals surface area contributed by atoms with E-state index in [9.17, 15) is 18.5 Å². The van der Waals surface area contributed by atoms with Crippen LogP contribution in [-0.2, 0) is 14.9 Å². The van der Waals surface area contributed by atoms with Crippen LogP contribution < -0.4 is 19.0 Å². The van der Waals surface area contributed by atoms with Crippen molar-refractivity contribution in [3.63, 3.8) is 0 Å². The number of amides is 1. The predicted molar refractivity (Wildman–Crippen MR) is 139 cm³/mol. The fraction of sp³-hybridized carbons (Fsp3) is 0.154. The summed E-state index contributed by atoms with van der Waals surface area (Å²) in [5.74, 6) is 0.135. The van der Waals surface area contributed by atoms with Crippen LogP contribution in [0.4, 0.5) is 5.69 Å². The van der Waals surface area contributed by atoms with E-state index in [2.05, 4.69) is 21.2 Å². The molecule has 0 heterocycles. The Balaban J connectivity index is 1.88. The molecule has 1 amide bonds. The number of hydrogen-bond acceptors (Lipinski definition) is 7. The lowest BCUT2D eigenvalue weighted by atomic mass is 10.1. The third-order valence-electron chi connectivity index (χ3n) is 4.66. The summed E-state index contributed by atoms with van der Waals surface area (Å²) in [6.45, 7) is 4.35. The van der Waals surface area contributed by atoms with Crippen LogP contribution in [-0.4, -0.2) is 27.5 Å². The number of halogens is 1. The second kappa shape index (κ2) is 12.2. The first-order valence-electron chi connectivity index (χ1n) is 10.9. The lowest BCUT2D eigenvalue weighted by Crippen LogP contribution is -2.13. The lowest BCUT2D eigenvalue weighted by Gasteiger charge is -2.14. The van der Waals surface area contributed by atoms with E-state index < -0.39 is 16.0 Å². The number of carbonyl (C=O) groups is 1. The van der Waals surface area contributed by atoms with Crippen LogP contribution in [0.25, 0.3) is 6.08 Å². The van der Waals surface area contributed by atoms with Crippen LogP contribution in [0.5, 0.6) is 17.2 Å². The van der Waals surface area contributed by atoms with E-state index in [0.717, 1.165) is 0 Å². The number of ether oxygens (including phenoxy) is 2. The smallest absolute Gasteiger partial charge is 0.339 e. The van der Waals surface area contributed by atoms with Crippen LogP contribution in [0, 0.1) is 11.3 Å². The van der Waals surface area contributed by atoms with Gasteiger partial charge in [-0.3, -0.25) is 4.79 Å². The Labute approximate surface area is 218 Å². The number of hydrogen-bond donors (Lipinski definition) is 1. The summed E-state index contributed by atoms with van der Waals surface area (Å²) < 4.78 is 42.1. The second-order valence-corrected chi connectivity index (χ2v) is 9.60. The van der Waals surface area contributed by atoms with Gasteiger partial charge in [0.15, 0.2) is 11.5 Å². The standard InChI is InChI=1S/C26H23BrN2O6S/c1-3-33-21-12-10-20(11-13-21)29-26(30)19(17-28)14-18-15-23(27)25(24(16-18)34-4-2)35-36(31,32)22-8-6-5-7-9-22/h5-16H,3-4H2,1-2H3,(H,29,30)/b19-14+. The highest BCUT2D eigenvalue weighted by molar-refractivity contribution is 9.10. The average molecular weight is 571 g/mol. The number of nitrogens with zero attached hydrogens (tertiary/aromatic N) is 1. The molecule has 0 saturated heterocycles. The molecule has 0 aliphatic rings. The molecule has 0 unspecified atom stereocenters. The van der Waals surface area contributed by atoms with Crippen molar-refractivity contribution >= 4 is 43.7 Å². The maximum Gasteiger partial charge on any atom is 0.339 e. The zero-order valence-electron chi connectivity index (χ0n) is 19.5. The zero-order valence-corrected chi connectivity index (χ0v) is 21.9. The molecule has 8 nitrogen and oxygen atoms in total. The molecule has 0 radical (unpaired) electrons. The number of nitrogens with one attached hydrogen (secondary N) is 1. The Morgan fingerprint density at radius 2 is 1.69 bits per heavy atom. The van der Waals surface area contributed by atoms with Crippen molar-refractivity contribution in [2.75, 3.05) is 18.5 Å². The molecule has 1 N–H and O–H groups in total. The largest absolute Gasteiger partial charge is 0.494 e. The van der Waals surface area contributed by atoms with Gasteiger partial charge in [-0.2, -0.15) is 13.7 Å². The topological polar surface area (TPSA) is 115 Å². The number of nitriles is 1. The summed E-state index contributed by atoms with van der Waals surface area (Å²) in [5.41, 5.74) is 0.757. The van der Waals surface area contributed by atoms with Gasteiger partial charge in [0.1, 0.15) is 22.3 Å². The molecule has 0 aromatic heterocycles. The molecule has 0 fully saturated rings. The molecule has 0 bridgehead atoms. The molecule has 0 spiro atoms. The molecule has 10 heteroatoms. The minimum absolute atomic E-state index is 0.0129. The van der Waals surface area contributed by atoms with Gasteiger partial charge in [-0.1, -0.05) is 18.2 Å².